The van der Waals surface area contributed by atoms with E-state index in [9.17, 15) is 14.3 Å². The molecule has 5 rings (SSSR count). The summed E-state index contributed by atoms with van der Waals surface area (Å²) >= 11 is 1.52. The van der Waals surface area contributed by atoms with E-state index in [4.69, 9.17) is 0 Å². The van der Waals surface area contributed by atoms with E-state index in [2.05, 4.69) is 22.1 Å². The number of thiophene rings is 1. The van der Waals surface area contributed by atoms with Crippen LogP contribution < -0.4 is 5.32 Å². The summed E-state index contributed by atoms with van der Waals surface area (Å²) in [5, 5.41) is 12.3. The SMILES string of the molecule is O=C(Nc1cccc(-c2c(C#CCCO)sc(-c3ccc(F)cc3)c2-c2ccncc2)c1)c1ccccc1. The van der Waals surface area contributed by atoms with Crippen molar-refractivity contribution in [3.63, 3.8) is 0 Å². The second kappa shape index (κ2) is 11.7. The molecule has 0 unspecified atom stereocenters. The van der Waals surface area contributed by atoms with Gasteiger partial charge in [-0.3, -0.25) is 9.78 Å². The van der Waals surface area contributed by atoms with Crippen molar-refractivity contribution in [2.75, 3.05) is 11.9 Å². The number of halogens is 1. The van der Waals surface area contributed by atoms with Crippen LogP contribution in [0.5, 0.6) is 0 Å². The highest BCUT2D eigenvalue weighted by molar-refractivity contribution is 7.17. The Balaban J connectivity index is 1.68. The van der Waals surface area contributed by atoms with Crippen molar-refractivity contribution < 1.29 is 14.3 Å². The van der Waals surface area contributed by atoms with Crippen LogP contribution in [0.2, 0.25) is 0 Å². The molecular formula is C32H23FN2O2S. The van der Waals surface area contributed by atoms with Crippen molar-refractivity contribution in [2.24, 2.45) is 0 Å². The zero-order chi connectivity index (χ0) is 26.3. The minimum Gasteiger partial charge on any atom is -0.395 e. The van der Waals surface area contributed by atoms with E-state index in [0.29, 0.717) is 17.7 Å². The lowest BCUT2D eigenvalue weighted by Gasteiger charge is -2.11. The van der Waals surface area contributed by atoms with Crippen LogP contribution >= 0.6 is 11.3 Å². The van der Waals surface area contributed by atoms with Gasteiger partial charge in [-0.1, -0.05) is 54.3 Å². The molecule has 1 amide bonds. The lowest BCUT2D eigenvalue weighted by Crippen LogP contribution is -2.11. The molecule has 0 atom stereocenters. The van der Waals surface area contributed by atoms with Gasteiger partial charge in [0.2, 0.25) is 0 Å². The van der Waals surface area contributed by atoms with Gasteiger partial charge in [0, 0.05) is 46.1 Å². The molecule has 0 saturated heterocycles. The van der Waals surface area contributed by atoms with Crippen molar-refractivity contribution in [2.45, 2.75) is 6.42 Å². The molecule has 0 fully saturated rings. The number of pyridine rings is 1. The Morgan fingerprint density at radius 3 is 2.37 bits per heavy atom. The summed E-state index contributed by atoms with van der Waals surface area (Å²) in [4.78, 5) is 18.8. The average Bonchev–Trinajstić information content (AvgIpc) is 3.34. The Bertz CT molecular complexity index is 1620. The van der Waals surface area contributed by atoms with Gasteiger partial charge in [-0.05, 0) is 65.2 Å². The molecule has 0 aliphatic rings. The number of nitrogens with one attached hydrogen (secondary N) is 1. The maximum absolute atomic E-state index is 13.8. The summed E-state index contributed by atoms with van der Waals surface area (Å²) in [5.74, 6) is 5.79. The quantitative estimate of drug-likeness (QED) is 0.232. The van der Waals surface area contributed by atoms with Crippen LogP contribution in [-0.2, 0) is 0 Å². The van der Waals surface area contributed by atoms with E-state index < -0.39 is 0 Å². The first kappa shape index (κ1) is 25.1. The molecule has 38 heavy (non-hydrogen) atoms. The summed E-state index contributed by atoms with van der Waals surface area (Å²) < 4.78 is 13.8. The molecule has 0 spiro atoms. The highest BCUT2D eigenvalue weighted by Crippen LogP contribution is 2.48. The maximum Gasteiger partial charge on any atom is 0.255 e. The number of benzene rings is 3. The molecule has 0 radical (unpaired) electrons. The zero-order valence-corrected chi connectivity index (χ0v) is 21.1. The lowest BCUT2D eigenvalue weighted by atomic mass is 9.93. The molecule has 186 valence electrons. The molecule has 4 nitrogen and oxygen atoms in total. The van der Waals surface area contributed by atoms with Gasteiger partial charge in [-0.2, -0.15) is 0 Å². The number of aromatic nitrogens is 1. The topological polar surface area (TPSA) is 62.2 Å². The van der Waals surface area contributed by atoms with Gasteiger partial charge in [0.15, 0.2) is 0 Å². The minimum atomic E-state index is -0.305. The van der Waals surface area contributed by atoms with Crippen molar-refractivity contribution in [1.82, 2.24) is 4.98 Å². The molecule has 2 aromatic heterocycles. The summed E-state index contributed by atoms with van der Waals surface area (Å²) in [7, 11) is 0. The largest absolute Gasteiger partial charge is 0.395 e. The van der Waals surface area contributed by atoms with Gasteiger partial charge >= 0.3 is 0 Å². The second-order valence-electron chi connectivity index (χ2n) is 8.43. The first-order valence-electron chi connectivity index (χ1n) is 12.0. The van der Waals surface area contributed by atoms with Gasteiger partial charge in [-0.25, -0.2) is 4.39 Å². The fraction of sp³-hybridized carbons (Fsp3) is 0.0625. The van der Waals surface area contributed by atoms with Crippen LogP contribution in [-0.4, -0.2) is 22.6 Å². The number of hydrogen-bond acceptors (Lipinski definition) is 4. The van der Waals surface area contributed by atoms with Crippen molar-refractivity contribution in [3.05, 3.63) is 120 Å². The van der Waals surface area contributed by atoms with Gasteiger partial charge in [0.1, 0.15) is 5.82 Å². The van der Waals surface area contributed by atoms with Crippen molar-refractivity contribution in [1.29, 1.82) is 0 Å². The number of nitrogens with zero attached hydrogens (tertiary/aromatic N) is 1. The number of rotatable bonds is 6. The first-order chi connectivity index (χ1) is 18.6. The van der Waals surface area contributed by atoms with E-state index >= 15 is 0 Å². The molecule has 2 N–H and O–H groups in total. The smallest absolute Gasteiger partial charge is 0.255 e. The van der Waals surface area contributed by atoms with E-state index in [0.717, 1.165) is 37.6 Å². The number of hydrogen-bond donors (Lipinski definition) is 2. The van der Waals surface area contributed by atoms with Crippen LogP contribution in [0, 0.1) is 17.7 Å². The zero-order valence-electron chi connectivity index (χ0n) is 20.3. The first-order valence-corrected chi connectivity index (χ1v) is 12.9. The number of anilines is 1. The molecule has 6 heteroatoms. The summed E-state index contributed by atoms with van der Waals surface area (Å²) in [6, 6.07) is 27.0. The predicted octanol–water partition coefficient (Wildman–Crippen LogP) is 7.27. The molecule has 0 aliphatic heterocycles. The van der Waals surface area contributed by atoms with Crippen LogP contribution in [0.4, 0.5) is 10.1 Å². The fourth-order valence-electron chi connectivity index (χ4n) is 4.14. The highest BCUT2D eigenvalue weighted by atomic mass is 32.1. The Kier molecular flexibility index (Phi) is 7.70. The molecule has 2 heterocycles. The molecule has 3 aromatic carbocycles. The summed E-state index contributed by atoms with van der Waals surface area (Å²) in [5.41, 5.74) is 5.76. The third kappa shape index (κ3) is 5.55. The Labute approximate surface area is 224 Å². The van der Waals surface area contributed by atoms with Crippen LogP contribution in [0.1, 0.15) is 21.7 Å². The van der Waals surface area contributed by atoms with E-state index in [-0.39, 0.29) is 18.3 Å². The highest BCUT2D eigenvalue weighted by Gasteiger charge is 2.22. The number of amides is 1. The van der Waals surface area contributed by atoms with Crippen LogP contribution in [0.15, 0.2) is 103 Å². The summed E-state index contributed by atoms with van der Waals surface area (Å²) in [6.07, 6.45) is 3.82. The molecule has 0 saturated carbocycles. The number of carbonyl (C=O) groups excluding carboxylic acids is 1. The minimum absolute atomic E-state index is 0.0310. The standard InChI is InChI=1S/C32H23FN2O2S/c33-26-14-12-23(13-15-26)31-30(22-16-18-34-19-17-22)29(28(38-31)11-4-5-20-36)25-9-6-10-27(21-25)35-32(37)24-7-2-1-3-8-24/h1-3,6-10,12-19,21,36H,5,20H2,(H,35,37). The third-order valence-electron chi connectivity index (χ3n) is 5.87. The Morgan fingerprint density at radius 2 is 1.63 bits per heavy atom. The van der Waals surface area contributed by atoms with E-state index in [1.807, 2.05) is 54.6 Å². The lowest BCUT2D eigenvalue weighted by molar-refractivity contribution is 0.102. The maximum atomic E-state index is 13.8. The van der Waals surface area contributed by atoms with Crippen molar-refractivity contribution in [3.8, 4) is 44.5 Å². The second-order valence-corrected chi connectivity index (χ2v) is 9.45. The Morgan fingerprint density at radius 1 is 0.868 bits per heavy atom. The number of aliphatic hydroxyl groups excluding tert-OH is 1. The molecule has 0 aliphatic carbocycles. The predicted molar refractivity (Wildman–Crippen MR) is 151 cm³/mol. The van der Waals surface area contributed by atoms with Gasteiger partial charge in [-0.15, -0.1) is 11.3 Å². The summed E-state index contributed by atoms with van der Waals surface area (Å²) in [6.45, 7) is -0.0310. The monoisotopic (exact) mass is 518 g/mol. The normalized spacial score (nSPS) is 10.5. The molecule has 0 bridgehead atoms. The third-order valence-corrected chi connectivity index (χ3v) is 7.02. The molecule has 5 aromatic rings. The Hall–Kier alpha value is -4.57. The number of carbonyl (C=O) groups is 1. The average molecular weight is 519 g/mol. The number of aliphatic hydroxyl groups is 1. The van der Waals surface area contributed by atoms with Gasteiger partial charge in [0.05, 0.1) is 11.5 Å². The fourth-order valence-corrected chi connectivity index (χ4v) is 5.36. The van der Waals surface area contributed by atoms with Crippen LogP contribution in [0.3, 0.4) is 0 Å². The van der Waals surface area contributed by atoms with E-state index in [1.54, 1.807) is 36.7 Å². The molecular weight excluding hydrogens is 495 g/mol. The van der Waals surface area contributed by atoms with Crippen molar-refractivity contribution >= 4 is 22.9 Å². The van der Waals surface area contributed by atoms with Crippen LogP contribution in [0.25, 0.3) is 32.7 Å². The van der Waals surface area contributed by atoms with Gasteiger partial charge < -0.3 is 10.4 Å². The van der Waals surface area contributed by atoms with E-state index in [1.165, 1.54) is 23.5 Å². The van der Waals surface area contributed by atoms with Gasteiger partial charge in [0.25, 0.3) is 5.91 Å².